The summed E-state index contributed by atoms with van der Waals surface area (Å²) >= 11 is 0. The molecule has 1 fully saturated rings. The van der Waals surface area contributed by atoms with Crippen molar-refractivity contribution in [1.29, 1.82) is 0 Å². The number of esters is 2. The molecule has 0 bridgehead atoms. The highest BCUT2D eigenvalue weighted by Gasteiger charge is 2.44. The Kier molecular flexibility index (Phi) is 7.36. The average Bonchev–Trinajstić information content (AvgIpc) is 2.44. The van der Waals surface area contributed by atoms with Crippen molar-refractivity contribution in [3.05, 3.63) is 0 Å². The first-order chi connectivity index (χ1) is 10.4. The van der Waals surface area contributed by atoms with Gasteiger partial charge in [-0.2, -0.15) is 0 Å². The van der Waals surface area contributed by atoms with Crippen LogP contribution in [0.5, 0.6) is 0 Å². The van der Waals surface area contributed by atoms with Crippen molar-refractivity contribution in [2.75, 3.05) is 13.2 Å². The molecule has 0 saturated carbocycles. The fourth-order valence-corrected chi connectivity index (χ4v) is 2.39. The molecule has 0 N–H and O–H groups in total. The molecule has 0 aromatic heterocycles. The van der Waals surface area contributed by atoms with Gasteiger partial charge in [0.1, 0.15) is 18.8 Å². The van der Waals surface area contributed by atoms with Crippen molar-refractivity contribution in [3.63, 3.8) is 0 Å². The van der Waals surface area contributed by atoms with Crippen LogP contribution in [0.15, 0.2) is 0 Å². The quantitative estimate of drug-likeness (QED) is 0.421. The van der Waals surface area contributed by atoms with E-state index in [1.807, 2.05) is 13.8 Å². The molecule has 0 spiro atoms. The number of carbonyl (C=O) groups excluding carboxylic acids is 2. The minimum atomic E-state index is -0.560. The van der Waals surface area contributed by atoms with Gasteiger partial charge in [0.2, 0.25) is 0 Å². The molecule has 1 heterocycles. The lowest BCUT2D eigenvalue weighted by Crippen LogP contribution is -2.53. The summed E-state index contributed by atoms with van der Waals surface area (Å²) in [6.07, 6.45) is 4.17. The molecule has 1 aliphatic rings. The second-order valence-electron chi connectivity index (χ2n) is 5.46. The molecule has 6 nitrogen and oxygen atoms in total. The third-order valence-corrected chi connectivity index (χ3v) is 3.73. The maximum absolute atomic E-state index is 11.3. The Labute approximate surface area is 131 Å². The first-order valence-corrected chi connectivity index (χ1v) is 7.38. The molecule has 0 aromatic carbocycles. The largest absolute Gasteiger partial charge is 0.463 e. The molecule has 0 unspecified atom stereocenters. The molecule has 5 atom stereocenters. The molecule has 6 heteroatoms. The standard InChI is InChI=1S/C16H24O6/c1-6-7-8-19-16-11(3)10(2)15(21-13(5)18)14(22-16)9-20-12(4)17/h1,10-11,14-16H,7-9H2,2-5H3/t10-,11-,14-,15-,16-/m1/s1. The van der Waals surface area contributed by atoms with Gasteiger partial charge < -0.3 is 18.9 Å². The molecule has 0 radical (unpaired) electrons. The predicted octanol–water partition coefficient (Wildman–Crippen LogP) is 1.52. The number of rotatable bonds is 6. The minimum Gasteiger partial charge on any atom is -0.463 e. The van der Waals surface area contributed by atoms with Gasteiger partial charge in [-0.05, 0) is 0 Å². The van der Waals surface area contributed by atoms with Gasteiger partial charge in [-0.3, -0.25) is 9.59 Å². The first kappa shape index (κ1) is 18.5. The number of terminal acetylenes is 1. The summed E-state index contributed by atoms with van der Waals surface area (Å²) < 4.78 is 21.8. The van der Waals surface area contributed by atoms with Crippen LogP contribution in [0.1, 0.15) is 34.1 Å². The third-order valence-electron chi connectivity index (χ3n) is 3.73. The molecular formula is C16H24O6. The Balaban J connectivity index is 2.77. The number of carbonyl (C=O) groups is 2. The van der Waals surface area contributed by atoms with Crippen molar-refractivity contribution in [2.45, 2.75) is 52.6 Å². The Hall–Kier alpha value is -1.58. The first-order valence-electron chi connectivity index (χ1n) is 7.38. The number of ether oxygens (including phenoxy) is 4. The van der Waals surface area contributed by atoms with E-state index in [9.17, 15) is 9.59 Å². The van der Waals surface area contributed by atoms with Gasteiger partial charge >= 0.3 is 11.9 Å². The molecule has 1 saturated heterocycles. The summed E-state index contributed by atoms with van der Waals surface area (Å²) in [6.45, 7) is 6.98. The third kappa shape index (κ3) is 5.32. The normalized spacial score (nSPS) is 31.1. The Morgan fingerprint density at radius 1 is 1.18 bits per heavy atom. The van der Waals surface area contributed by atoms with Gasteiger partial charge in [0.05, 0.1) is 6.61 Å². The van der Waals surface area contributed by atoms with Gasteiger partial charge in [-0.15, -0.1) is 12.3 Å². The van der Waals surface area contributed by atoms with Gasteiger partial charge in [-0.1, -0.05) is 13.8 Å². The van der Waals surface area contributed by atoms with Crippen molar-refractivity contribution in [2.24, 2.45) is 11.8 Å². The predicted molar refractivity (Wildman–Crippen MR) is 78.6 cm³/mol. The smallest absolute Gasteiger partial charge is 0.303 e. The van der Waals surface area contributed by atoms with E-state index in [0.29, 0.717) is 13.0 Å². The van der Waals surface area contributed by atoms with E-state index in [0.717, 1.165) is 0 Å². The molecule has 0 amide bonds. The summed E-state index contributed by atoms with van der Waals surface area (Å²) in [4.78, 5) is 22.3. The topological polar surface area (TPSA) is 71.1 Å². The van der Waals surface area contributed by atoms with Gasteiger partial charge in [0.25, 0.3) is 0 Å². The van der Waals surface area contributed by atoms with Gasteiger partial charge in [0, 0.05) is 32.1 Å². The van der Waals surface area contributed by atoms with Crippen LogP contribution in [0.25, 0.3) is 0 Å². The zero-order chi connectivity index (χ0) is 16.7. The molecular weight excluding hydrogens is 288 g/mol. The molecule has 124 valence electrons. The fraction of sp³-hybridized carbons (Fsp3) is 0.750. The van der Waals surface area contributed by atoms with Crippen LogP contribution in [0.2, 0.25) is 0 Å². The highest BCUT2D eigenvalue weighted by Crippen LogP contribution is 2.33. The van der Waals surface area contributed by atoms with Crippen LogP contribution in [0.3, 0.4) is 0 Å². The zero-order valence-corrected chi connectivity index (χ0v) is 13.5. The Bertz CT molecular complexity index is 427. The van der Waals surface area contributed by atoms with Crippen LogP contribution >= 0.6 is 0 Å². The second-order valence-corrected chi connectivity index (χ2v) is 5.46. The van der Waals surface area contributed by atoms with E-state index in [-0.39, 0.29) is 18.4 Å². The van der Waals surface area contributed by atoms with Crippen molar-refractivity contribution in [1.82, 2.24) is 0 Å². The minimum absolute atomic E-state index is 0.00551. The van der Waals surface area contributed by atoms with E-state index in [1.54, 1.807) is 0 Å². The van der Waals surface area contributed by atoms with E-state index < -0.39 is 30.4 Å². The molecule has 0 aliphatic carbocycles. The van der Waals surface area contributed by atoms with Gasteiger partial charge in [0.15, 0.2) is 6.29 Å². The summed E-state index contributed by atoms with van der Waals surface area (Å²) in [7, 11) is 0. The summed E-state index contributed by atoms with van der Waals surface area (Å²) in [5, 5.41) is 0. The fourth-order valence-electron chi connectivity index (χ4n) is 2.39. The van der Waals surface area contributed by atoms with Crippen molar-refractivity contribution in [3.8, 4) is 12.3 Å². The van der Waals surface area contributed by atoms with Crippen LogP contribution in [0, 0.1) is 24.2 Å². The van der Waals surface area contributed by atoms with E-state index in [1.165, 1.54) is 13.8 Å². The number of hydrogen-bond donors (Lipinski definition) is 0. The lowest BCUT2D eigenvalue weighted by Gasteiger charge is -2.43. The maximum Gasteiger partial charge on any atom is 0.303 e. The summed E-state index contributed by atoms with van der Waals surface area (Å²) in [6, 6.07) is 0. The van der Waals surface area contributed by atoms with Crippen LogP contribution in [-0.2, 0) is 28.5 Å². The monoisotopic (exact) mass is 312 g/mol. The molecule has 1 rings (SSSR count). The van der Waals surface area contributed by atoms with Gasteiger partial charge in [-0.25, -0.2) is 0 Å². The van der Waals surface area contributed by atoms with E-state index in [2.05, 4.69) is 5.92 Å². The van der Waals surface area contributed by atoms with Crippen LogP contribution < -0.4 is 0 Å². The van der Waals surface area contributed by atoms with E-state index >= 15 is 0 Å². The number of hydrogen-bond acceptors (Lipinski definition) is 6. The second kappa shape index (κ2) is 8.76. The summed E-state index contributed by atoms with van der Waals surface area (Å²) in [5.74, 6) is 1.69. The lowest BCUT2D eigenvalue weighted by molar-refractivity contribution is -0.272. The Morgan fingerprint density at radius 2 is 1.86 bits per heavy atom. The lowest BCUT2D eigenvalue weighted by atomic mass is 9.84. The SMILES string of the molecule is C#CCCO[C@@H]1O[C@H](COC(C)=O)[C@H](OC(C)=O)[C@H](C)[C@H]1C. The van der Waals surface area contributed by atoms with E-state index in [4.69, 9.17) is 25.4 Å². The highest BCUT2D eigenvalue weighted by atomic mass is 16.7. The maximum atomic E-state index is 11.3. The molecule has 0 aromatic rings. The summed E-state index contributed by atoms with van der Waals surface area (Å²) in [5.41, 5.74) is 0. The molecule has 22 heavy (non-hydrogen) atoms. The molecule has 1 aliphatic heterocycles. The average molecular weight is 312 g/mol. The zero-order valence-electron chi connectivity index (χ0n) is 13.5. The Morgan fingerprint density at radius 3 is 2.41 bits per heavy atom. The van der Waals surface area contributed by atoms with Crippen molar-refractivity contribution < 1.29 is 28.5 Å². The van der Waals surface area contributed by atoms with Crippen molar-refractivity contribution >= 4 is 11.9 Å². The highest BCUT2D eigenvalue weighted by molar-refractivity contribution is 5.66. The van der Waals surface area contributed by atoms with Crippen LogP contribution in [0.4, 0.5) is 0 Å². The van der Waals surface area contributed by atoms with Crippen LogP contribution in [-0.4, -0.2) is 43.7 Å².